The first-order valence-corrected chi connectivity index (χ1v) is 10.5. The zero-order chi connectivity index (χ0) is 24.3. The molecule has 0 radical (unpaired) electrons. The molecule has 0 N–H and O–H groups in total. The van der Waals surface area contributed by atoms with Crippen molar-refractivity contribution in [2.75, 3.05) is 6.61 Å². The van der Waals surface area contributed by atoms with E-state index in [2.05, 4.69) is 11.1 Å². The van der Waals surface area contributed by atoms with Crippen molar-refractivity contribution < 1.29 is 13.5 Å². The van der Waals surface area contributed by atoms with E-state index >= 15 is 4.39 Å². The second-order valence-electron chi connectivity index (χ2n) is 7.62. The lowest BCUT2D eigenvalue weighted by Crippen LogP contribution is -2.32. The average Bonchev–Trinajstić information content (AvgIpc) is 3.30. The third-order valence-electron chi connectivity index (χ3n) is 5.46. The number of hydrogen-bond acceptors (Lipinski definition) is 4. The summed E-state index contributed by atoms with van der Waals surface area (Å²) in [4.78, 5) is 4.04. The maximum Gasteiger partial charge on any atom is 0.210 e. The summed E-state index contributed by atoms with van der Waals surface area (Å²) in [7, 11) is 1.67. The van der Waals surface area contributed by atoms with Gasteiger partial charge in [0.05, 0.1) is 46.5 Å². The lowest BCUT2D eigenvalue weighted by Gasteiger charge is -2.27. The molecule has 1 atom stereocenters. The van der Waals surface area contributed by atoms with Crippen molar-refractivity contribution in [2.45, 2.75) is 5.67 Å². The number of hydrogen-bond donors (Lipinski definition) is 0. The van der Waals surface area contributed by atoms with Crippen LogP contribution in [0, 0.1) is 28.5 Å². The SMILES string of the molecule is Cn1cncc1C(F)(COc1ccc(C#N)cc1-c1ccc(F)c(Cl)c1)c1ccc(C#N)cc1. The van der Waals surface area contributed by atoms with Crippen LogP contribution in [-0.2, 0) is 12.7 Å². The standard InChI is InChI=1S/C26H17ClF2N4O/c1-33-16-32-14-25(33)26(29,20-6-2-17(12-30)3-7-20)15-34-24-9-4-18(13-31)10-21(24)19-5-8-23(28)22(27)11-19/h2-11,14,16H,15H2,1H3. The molecule has 34 heavy (non-hydrogen) atoms. The highest BCUT2D eigenvalue weighted by Crippen LogP contribution is 2.38. The summed E-state index contributed by atoms with van der Waals surface area (Å²) in [5.74, 6) is -0.288. The zero-order valence-electron chi connectivity index (χ0n) is 18.0. The highest BCUT2D eigenvalue weighted by molar-refractivity contribution is 6.31. The van der Waals surface area contributed by atoms with Crippen LogP contribution in [0.3, 0.4) is 0 Å². The van der Waals surface area contributed by atoms with Crippen LogP contribution in [0.5, 0.6) is 5.75 Å². The van der Waals surface area contributed by atoms with Crippen LogP contribution >= 0.6 is 11.6 Å². The average molecular weight is 475 g/mol. The van der Waals surface area contributed by atoms with Gasteiger partial charge in [0.25, 0.3) is 0 Å². The molecule has 0 fully saturated rings. The summed E-state index contributed by atoms with van der Waals surface area (Å²) in [6, 6.07) is 19.1. The Labute approximate surface area is 200 Å². The predicted molar refractivity (Wildman–Crippen MR) is 123 cm³/mol. The summed E-state index contributed by atoms with van der Waals surface area (Å²) >= 11 is 5.96. The van der Waals surface area contributed by atoms with Crippen molar-refractivity contribution in [3.05, 3.63) is 106 Å². The maximum absolute atomic E-state index is 16.7. The molecule has 0 aliphatic carbocycles. The van der Waals surface area contributed by atoms with Crippen LogP contribution in [0.25, 0.3) is 11.1 Å². The minimum absolute atomic E-state index is 0.0851. The van der Waals surface area contributed by atoms with Gasteiger partial charge in [-0.2, -0.15) is 10.5 Å². The Morgan fingerprint density at radius 1 is 1.03 bits per heavy atom. The van der Waals surface area contributed by atoms with Crippen LogP contribution in [0.4, 0.5) is 8.78 Å². The number of alkyl halides is 1. The van der Waals surface area contributed by atoms with Crippen LogP contribution in [0.2, 0.25) is 5.02 Å². The highest BCUT2D eigenvalue weighted by Gasteiger charge is 2.38. The first kappa shape index (κ1) is 23.0. The van der Waals surface area contributed by atoms with Gasteiger partial charge in [0.2, 0.25) is 5.67 Å². The molecule has 5 nitrogen and oxygen atoms in total. The molecule has 0 aliphatic rings. The number of halogens is 3. The van der Waals surface area contributed by atoms with E-state index in [-0.39, 0.29) is 16.3 Å². The Morgan fingerprint density at radius 3 is 2.35 bits per heavy atom. The van der Waals surface area contributed by atoms with Gasteiger partial charge >= 0.3 is 0 Å². The molecule has 0 spiro atoms. The Hall–Kier alpha value is -4.20. The summed E-state index contributed by atoms with van der Waals surface area (Å²) in [5.41, 5.74) is 0.181. The van der Waals surface area contributed by atoms with Crippen molar-refractivity contribution in [1.82, 2.24) is 9.55 Å². The van der Waals surface area contributed by atoms with Gasteiger partial charge in [-0.05, 0) is 53.6 Å². The van der Waals surface area contributed by atoms with E-state index < -0.39 is 18.1 Å². The summed E-state index contributed by atoms with van der Waals surface area (Å²) in [6.07, 6.45) is 2.90. The number of aromatic nitrogens is 2. The van der Waals surface area contributed by atoms with Crippen LogP contribution in [-0.4, -0.2) is 16.2 Å². The Kier molecular flexibility index (Phi) is 6.32. The third-order valence-corrected chi connectivity index (χ3v) is 5.75. The quantitative estimate of drug-likeness (QED) is 0.348. The smallest absolute Gasteiger partial charge is 0.210 e. The number of rotatable bonds is 6. The van der Waals surface area contributed by atoms with Gasteiger partial charge in [-0.25, -0.2) is 13.8 Å². The van der Waals surface area contributed by atoms with Gasteiger partial charge in [0, 0.05) is 12.6 Å². The fraction of sp³-hybridized carbons (Fsp3) is 0.115. The van der Waals surface area contributed by atoms with Gasteiger partial charge in [0.15, 0.2) is 0 Å². The van der Waals surface area contributed by atoms with Crippen molar-refractivity contribution >= 4 is 11.6 Å². The van der Waals surface area contributed by atoms with Gasteiger partial charge in [-0.15, -0.1) is 0 Å². The highest BCUT2D eigenvalue weighted by atomic mass is 35.5. The predicted octanol–water partition coefficient (Wildman–Crippen LogP) is 5.92. The molecule has 0 bridgehead atoms. The number of imidazole rings is 1. The van der Waals surface area contributed by atoms with E-state index in [1.165, 1.54) is 55.0 Å². The molecule has 0 saturated heterocycles. The number of aryl methyl sites for hydroxylation is 1. The molecule has 3 aromatic carbocycles. The second-order valence-corrected chi connectivity index (χ2v) is 8.03. The van der Waals surface area contributed by atoms with Gasteiger partial charge in [0.1, 0.15) is 18.2 Å². The van der Waals surface area contributed by atoms with E-state index in [9.17, 15) is 9.65 Å². The number of nitrogens with zero attached hydrogens (tertiary/aromatic N) is 4. The molecule has 8 heteroatoms. The lowest BCUT2D eigenvalue weighted by molar-refractivity contribution is 0.115. The van der Waals surface area contributed by atoms with E-state index in [0.29, 0.717) is 28.0 Å². The summed E-state index contributed by atoms with van der Waals surface area (Å²) in [5, 5.41) is 18.3. The van der Waals surface area contributed by atoms with Gasteiger partial charge in [-0.3, -0.25) is 0 Å². The third kappa shape index (κ3) is 4.34. The van der Waals surface area contributed by atoms with Crippen molar-refractivity contribution in [3.63, 3.8) is 0 Å². The topological polar surface area (TPSA) is 74.6 Å². The van der Waals surface area contributed by atoms with E-state index in [0.717, 1.165) is 0 Å². The molecular formula is C26H17ClF2N4O. The molecule has 1 aromatic heterocycles. The Bertz CT molecular complexity index is 1440. The minimum atomic E-state index is -2.11. The Balaban J connectivity index is 1.76. The van der Waals surface area contributed by atoms with E-state index in [4.69, 9.17) is 21.6 Å². The van der Waals surface area contributed by atoms with Crippen LogP contribution < -0.4 is 4.74 Å². The molecule has 0 aliphatic heterocycles. The first-order valence-electron chi connectivity index (χ1n) is 10.1. The van der Waals surface area contributed by atoms with E-state index in [1.54, 1.807) is 29.8 Å². The summed E-state index contributed by atoms with van der Waals surface area (Å²) in [6.45, 7) is -0.424. The van der Waals surface area contributed by atoms with Crippen molar-refractivity contribution in [1.29, 1.82) is 10.5 Å². The molecule has 4 rings (SSSR count). The van der Waals surface area contributed by atoms with Gasteiger partial charge in [-0.1, -0.05) is 29.8 Å². The molecule has 0 saturated carbocycles. The lowest BCUT2D eigenvalue weighted by atomic mass is 9.92. The second kappa shape index (κ2) is 9.35. The maximum atomic E-state index is 16.7. The molecular weight excluding hydrogens is 458 g/mol. The van der Waals surface area contributed by atoms with E-state index in [1.807, 2.05) is 6.07 Å². The fourth-order valence-corrected chi connectivity index (χ4v) is 3.83. The van der Waals surface area contributed by atoms with Crippen LogP contribution in [0.15, 0.2) is 73.2 Å². The fourth-order valence-electron chi connectivity index (χ4n) is 3.65. The number of ether oxygens (including phenoxy) is 1. The Morgan fingerprint density at radius 2 is 1.74 bits per heavy atom. The van der Waals surface area contributed by atoms with Gasteiger partial charge < -0.3 is 9.30 Å². The number of benzene rings is 3. The van der Waals surface area contributed by atoms with Crippen LogP contribution in [0.1, 0.15) is 22.4 Å². The molecule has 1 unspecified atom stereocenters. The summed E-state index contributed by atoms with van der Waals surface area (Å²) < 4.78 is 37.9. The molecule has 1 heterocycles. The monoisotopic (exact) mass is 474 g/mol. The minimum Gasteiger partial charge on any atom is -0.489 e. The number of nitriles is 2. The molecule has 168 valence electrons. The first-order chi connectivity index (χ1) is 16.4. The largest absolute Gasteiger partial charge is 0.489 e. The molecule has 4 aromatic rings. The van der Waals surface area contributed by atoms with Crippen molar-refractivity contribution in [2.24, 2.45) is 7.05 Å². The van der Waals surface area contributed by atoms with Crippen molar-refractivity contribution in [3.8, 4) is 29.0 Å². The molecule has 0 amide bonds. The normalized spacial score (nSPS) is 12.4. The zero-order valence-corrected chi connectivity index (χ0v) is 18.7.